The first kappa shape index (κ1) is 15.9. The number of amides is 1. The van der Waals surface area contributed by atoms with Crippen LogP contribution in [0.1, 0.15) is 18.4 Å². The van der Waals surface area contributed by atoms with Crippen LogP contribution in [0.3, 0.4) is 0 Å². The third-order valence-corrected chi connectivity index (χ3v) is 3.26. The molecule has 0 aliphatic carbocycles. The van der Waals surface area contributed by atoms with Gasteiger partial charge in [0.25, 0.3) is 0 Å². The molecular formula is C14H20ClFN2O. The van der Waals surface area contributed by atoms with Crippen LogP contribution in [-0.4, -0.2) is 25.5 Å². The Morgan fingerprint density at radius 1 is 1.47 bits per heavy atom. The van der Waals surface area contributed by atoms with E-state index in [-0.39, 0.29) is 24.1 Å². The van der Waals surface area contributed by atoms with Crippen molar-refractivity contribution in [3.8, 4) is 0 Å². The zero-order valence-electron chi connectivity index (χ0n) is 10.8. The first-order valence-corrected chi connectivity index (χ1v) is 6.46. The molecule has 19 heavy (non-hydrogen) atoms. The summed E-state index contributed by atoms with van der Waals surface area (Å²) >= 11 is 0. The maximum atomic E-state index is 12.9. The van der Waals surface area contributed by atoms with Crippen LogP contribution in [0.25, 0.3) is 0 Å². The molecule has 2 N–H and O–H groups in total. The van der Waals surface area contributed by atoms with Crippen molar-refractivity contribution in [3.05, 3.63) is 35.6 Å². The van der Waals surface area contributed by atoms with E-state index in [0.717, 1.165) is 25.1 Å². The molecule has 1 aliphatic rings. The summed E-state index contributed by atoms with van der Waals surface area (Å²) < 4.78 is 12.9. The highest BCUT2D eigenvalue weighted by atomic mass is 35.5. The summed E-state index contributed by atoms with van der Waals surface area (Å²) in [6, 6.07) is 6.50. The van der Waals surface area contributed by atoms with E-state index in [0.29, 0.717) is 25.3 Å². The van der Waals surface area contributed by atoms with Crippen molar-refractivity contribution >= 4 is 18.3 Å². The minimum atomic E-state index is -0.226. The molecule has 0 aromatic heterocycles. The summed E-state index contributed by atoms with van der Waals surface area (Å²) in [5.41, 5.74) is 0.915. The molecule has 106 valence electrons. The molecule has 0 spiro atoms. The Hall–Kier alpha value is -1.13. The standard InChI is InChI=1S/C14H19FN2O.ClH/c15-13-3-1-2-11(8-13)5-7-17-14(18)9-12-4-6-16-10-12;/h1-3,8,12,16H,4-7,9-10H2,(H,17,18);1H. The lowest BCUT2D eigenvalue weighted by Gasteiger charge is -2.09. The fraction of sp³-hybridized carbons (Fsp3) is 0.500. The van der Waals surface area contributed by atoms with Gasteiger partial charge in [-0.25, -0.2) is 4.39 Å². The van der Waals surface area contributed by atoms with E-state index in [1.807, 2.05) is 6.07 Å². The monoisotopic (exact) mass is 286 g/mol. The van der Waals surface area contributed by atoms with Crippen molar-refractivity contribution in [1.82, 2.24) is 10.6 Å². The Morgan fingerprint density at radius 3 is 3.00 bits per heavy atom. The highest BCUT2D eigenvalue weighted by Crippen LogP contribution is 2.11. The lowest BCUT2D eigenvalue weighted by atomic mass is 10.0. The van der Waals surface area contributed by atoms with Crippen LogP contribution < -0.4 is 10.6 Å². The van der Waals surface area contributed by atoms with E-state index in [1.54, 1.807) is 6.07 Å². The van der Waals surface area contributed by atoms with Gasteiger partial charge in [-0.1, -0.05) is 12.1 Å². The fourth-order valence-electron chi connectivity index (χ4n) is 2.26. The summed E-state index contributed by atoms with van der Waals surface area (Å²) in [4.78, 5) is 11.6. The maximum absolute atomic E-state index is 12.9. The third-order valence-electron chi connectivity index (χ3n) is 3.26. The maximum Gasteiger partial charge on any atom is 0.220 e. The number of benzene rings is 1. The second kappa shape index (κ2) is 8.12. The molecule has 0 bridgehead atoms. The van der Waals surface area contributed by atoms with Crippen molar-refractivity contribution in [1.29, 1.82) is 0 Å². The summed E-state index contributed by atoms with van der Waals surface area (Å²) in [7, 11) is 0. The van der Waals surface area contributed by atoms with Gasteiger partial charge >= 0.3 is 0 Å². The molecule has 1 aromatic rings. The van der Waals surface area contributed by atoms with Gasteiger partial charge < -0.3 is 10.6 Å². The van der Waals surface area contributed by atoms with E-state index >= 15 is 0 Å². The van der Waals surface area contributed by atoms with Crippen LogP contribution in [0.15, 0.2) is 24.3 Å². The molecule has 1 saturated heterocycles. The molecule has 5 heteroatoms. The molecule has 3 nitrogen and oxygen atoms in total. The van der Waals surface area contributed by atoms with Crippen LogP contribution >= 0.6 is 12.4 Å². The molecule has 1 atom stereocenters. The summed E-state index contributed by atoms with van der Waals surface area (Å²) in [5, 5.41) is 6.13. The smallest absolute Gasteiger partial charge is 0.220 e. The van der Waals surface area contributed by atoms with Gasteiger partial charge in [-0.05, 0) is 49.5 Å². The van der Waals surface area contributed by atoms with Crippen molar-refractivity contribution in [2.24, 2.45) is 5.92 Å². The summed E-state index contributed by atoms with van der Waals surface area (Å²) in [6.45, 7) is 2.53. The van der Waals surface area contributed by atoms with E-state index in [1.165, 1.54) is 12.1 Å². The van der Waals surface area contributed by atoms with E-state index in [9.17, 15) is 9.18 Å². The molecule has 1 amide bonds. The van der Waals surface area contributed by atoms with Gasteiger partial charge in [-0.2, -0.15) is 0 Å². The lowest BCUT2D eigenvalue weighted by Crippen LogP contribution is -2.28. The van der Waals surface area contributed by atoms with Gasteiger partial charge in [-0.15, -0.1) is 12.4 Å². The first-order chi connectivity index (χ1) is 8.74. The summed E-state index contributed by atoms with van der Waals surface area (Å²) in [6.07, 6.45) is 2.35. The molecular weight excluding hydrogens is 267 g/mol. The van der Waals surface area contributed by atoms with Crippen LogP contribution in [0.2, 0.25) is 0 Å². The van der Waals surface area contributed by atoms with Crippen molar-refractivity contribution in [2.75, 3.05) is 19.6 Å². The van der Waals surface area contributed by atoms with E-state index in [4.69, 9.17) is 0 Å². The van der Waals surface area contributed by atoms with E-state index < -0.39 is 0 Å². The number of carbonyl (C=O) groups excluding carboxylic acids is 1. The largest absolute Gasteiger partial charge is 0.356 e. The zero-order valence-corrected chi connectivity index (χ0v) is 11.6. The second-order valence-corrected chi connectivity index (χ2v) is 4.79. The predicted octanol–water partition coefficient (Wildman–Crippen LogP) is 1.91. The Labute approximate surface area is 119 Å². The van der Waals surface area contributed by atoms with Gasteiger partial charge in [0, 0.05) is 13.0 Å². The molecule has 0 saturated carbocycles. The number of carbonyl (C=O) groups is 1. The molecule has 1 aliphatic heterocycles. The quantitative estimate of drug-likeness (QED) is 0.868. The van der Waals surface area contributed by atoms with Crippen LogP contribution in [0.4, 0.5) is 4.39 Å². The minimum absolute atomic E-state index is 0. The van der Waals surface area contributed by atoms with Gasteiger partial charge in [0.1, 0.15) is 5.82 Å². The Morgan fingerprint density at radius 2 is 2.32 bits per heavy atom. The molecule has 2 rings (SSSR count). The van der Waals surface area contributed by atoms with Crippen LogP contribution in [0, 0.1) is 11.7 Å². The van der Waals surface area contributed by atoms with Crippen LogP contribution in [-0.2, 0) is 11.2 Å². The second-order valence-electron chi connectivity index (χ2n) is 4.79. The molecule has 0 radical (unpaired) electrons. The Kier molecular flexibility index (Phi) is 6.81. The molecule has 1 aromatic carbocycles. The van der Waals surface area contributed by atoms with Gasteiger partial charge in [-0.3, -0.25) is 4.79 Å². The zero-order chi connectivity index (χ0) is 12.8. The Bertz CT molecular complexity index is 408. The Balaban J connectivity index is 0.00000180. The number of halogens is 2. The molecule has 1 fully saturated rings. The topological polar surface area (TPSA) is 41.1 Å². The highest BCUT2D eigenvalue weighted by molar-refractivity contribution is 5.85. The van der Waals surface area contributed by atoms with Crippen molar-refractivity contribution in [2.45, 2.75) is 19.3 Å². The number of hydrogen-bond acceptors (Lipinski definition) is 2. The average molecular weight is 287 g/mol. The van der Waals surface area contributed by atoms with Gasteiger partial charge in [0.05, 0.1) is 0 Å². The fourth-order valence-corrected chi connectivity index (χ4v) is 2.26. The van der Waals surface area contributed by atoms with Crippen LogP contribution in [0.5, 0.6) is 0 Å². The molecule has 1 unspecified atom stereocenters. The van der Waals surface area contributed by atoms with Crippen molar-refractivity contribution in [3.63, 3.8) is 0 Å². The highest BCUT2D eigenvalue weighted by Gasteiger charge is 2.17. The van der Waals surface area contributed by atoms with Crippen molar-refractivity contribution < 1.29 is 9.18 Å². The van der Waals surface area contributed by atoms with Gasteiger partial charge in [0.2, 0.25) is 5.91 Å². The first-order valence-electron chi connectivity index (χ1n) is 6.46. The number of rotatable bonds is 5. The minimum Gasteiger partial charge on any atom is -0.356 e. The SMILES string of the molecule is Cl.O=C(CC1CCNC1)NCCc1cccc(F)c1. The lowest BCUT2D eigenvalue weighted by molar-refractivity contribution is -0.121. The third kappa shape index (κ3) is 5.57. The van der Waals surface area contributed by atoms with E-state index in [2.05, 4.69) is 10.6 Å². The average Bonchev–Trinajstić information content (AvgIpc) is 2.82. The summed E-state index contributed by atoms with van der Waals surface area (Å²) in [5.74, 6) is 0.343. The number of nitrogens with one attached hydrogen (secondary N) is 2. The predicted molar refractivity (Wildman–Crippen MR) is 76.0 cm³/mol. The number of hydrogen-bond donors (Lipinski definition) is 2. The normalized spacial score (nSPS) is 17.8. The molecule has 1 heterocycles. The van der Waals surface area contributed by atoms with Gasteiger partial charge in [0.15, 0.2) is 0 Å².